The van der Waals surface area contributed by atoms with Crippen molar-refractivity contribution in [3.63, 3.8) is 0 Å². The third kappa shape index (κ3) is 9.64. The molecule has 348 valence electrons. The Morgan fingerprint density at radius 1 is 0.887 bits per heavy atom. The summed E-state index contributed by atoms with van der Waals surface area (Å²) in [5.74, 6) is -2.56. The van der Waals surface area contributed by atoms with Gasteiger partial charge in [0.05, 0.1) is 49.3 Å². The van der Waals surface area contributed by atoms with Crippen LogP contribution >= 0.6 is 0 Å². The van der Waals surface area contributed by atoms with Gasteiger partial charge >= 0.3 is 5.97 Å². The molecular formula is C48H72O14. The molecule has 0 aromatic carbocycles. The molecule has 62 heavy (non-hydrogen) atoms. The van der Waals surface area contributed by atoms with E-state index in [-0.39, 0.29) is 42.7 Å². The highest BCUT2D eigenvalue weighted by Gasteiger charge is 2.60. The van der Waals surface area contributed by atoms with Gasteiger partial charge in [-0.2, -0.15) is 0 Å². The highest BCUT2D eigenvalue weighted by atomic mass is 16.7. The molecule has 6 heterocycles. The maximum atomic E-state index is 14.3. The van der Waals surface area contributed by atoms with Crippen LogP contribution in [-0.4, -0.2) is 139 Å². The molecule has 0 amide bonds. The summed E-state index contributed by atoms with van der Waals surface area (Å²) in [6, 6.07) is 0. The molecule has 0 aromatic heterocycles. The summed E-state index contributed by atoms with van der Waals surface area (Å²) in [6.07, 6.45) is 8.55. The van der Waals surface area contributed by atoms with E-state index in [0.29, 0.717) is 43.3 Å². The number of methoxy groups -OCH3 is 2. The summed E-state index contributed by atoms with van der Waals surface area (Å²) in [5.41, 5.74) is 0.134. The van der Waals surface area contributed by atoms with Crippen molar-refractivity contribution < 1.29 is 67.5 Å². The molecule has 1 spiro atoms. The summed E-state index contributed by atoms with van der Waals surface area (Å²) >= 11 is 0. The molecule has 14 heteroatoms. The second-order valence-electron chi connectivity index (χ2n) is 19.0. The van der Waals surface area contributed by atoms with Gasteiger partial charge in [0, 0.05) is 51.7 Å². The maximum absolute atomic E-state index is 14.3. The predicted octanol–water partition coefficient (Wildman–Crippen LogP) is 5.38. The van der Waals surface area contributed by atoms with Crippen LogP contribution in [0.5, 0.6) is 0 Å². The van der Waals surface area contributed by atoms with Crippen LogP contribution in [0.1, 0.15) is 93.9 Å². The third-order valence-electron chi connectivity index (χ3n) is 14.5. The van der Waals surface area contributed by atoms with Crippen LogP contribution in [0.3, 0.4) is 0 Å². The number of carbonyl (C=O) groups excluding carboxylic acids is 1. The first-order valence-electron chi connectivity index (χ1n) is 22.9. The number of aliphatic hydroxyl groups excluding tert-OH is 2. The van der Waals surface area contributed by atoms with E-state index in [4.69, 9.17) is 47.4 Å². The Hall–Kier alpha value is -2.31. The summed E-state index contributed by atoms with van der Waals surface area (Å²) in [4.78, 5) is 14.3. The molecule has 7 aliphatic rings. The van der Waals surface area contributed by atoms with Gasteiger partial charge in [0.15, 0.2) is 18.4 Å². The minimum absolute atomic E-state index is 0.0317. The topological polar surface area (TPSA) is 170 Å². The van der Waals surface area contributed by atoms with Crippen molar-refractivity contribution in [1.82, 2.24) is 0 Å². The molecule has 1 unspecified atom stereocenters. The number of esters is 1. The van der Waals surface area contributed by atoms with Crippen LogP contribution in [0.2, 0.25) is 0 Å². The molecule has 0 saturated carbocycles. The number of allylic oxidation sites excluding steroid dienone is 2. The van der Waals surface area contributed by atoms with Gasteiger partial charge in [-0.25, -0.2) is 0 Å². The van der Waals surface area contributed by atoms with Gasteiger partial charge in [0.25, 0.3) is 0 Å². The lowest BCUT2D eigenvalue weighted by Gasteiger charge is -2.48. The van der Waals surface area contributed by atoms with Crippen LogP contribution in [0, 0.1) is 23.7 Å². The smallest absolute Gasteiger partial charge is 0.316 e. The van der Waals surface area contributed by atoms with E-state index in [1.54, 1.807) is 40.2 Å². The molecule has 0 aromatic rings. The van der Waals surface area contributed by atoms with Gasteiger partial charge in [0.1, 0.15) is 42.0 Å². The highest BCUT2D eigenvalue weighted by Crippen LogP contribution is 2.47. The first-order chi connectivity index (χ1) is 29.5. The summed E-state index contributed by atoms with van der Waals surface area (Å²) in [7, 11) is 3.22. The second-order valence-corrected chi connectivity index (χ2v) is 19.0. The Balaban J connectivity index is 1.18. The zero-order chi connectivity index (χ0) is 44.7. The average molecular weight is 873 g/mol. The van der Waals surface area contributed by atoms with Crippen LogP contribution in [0.25, 0.3) is 0 Å². The zero-order valence-electron chi connectivity index (χ0n) is 38.2. The van der Waals surface area contributed by atoms with E-state index in [0.717, 1.165) is 12.0 Å². The molecular weight excluding hydrogens is 801 g/mol. The summed E-state index contributed by atoms with van der Waals surface area (Å²) in [6.45, 7) is 16.1. The van der Waals surface area contributed by atoms with Gasteiger partial charge < -0.3 is 62.7 Å². The molecule has 0 radical (unpaired) electrons. The number of aliphatic hydroxyl groups is 3. The predicted molar refractivity (Wildman–Crippen MR) is 227 cm³/mol. The van der Waals surface area contributed by atoms with Crippen molar-refractivity contribution in [2.75, 3.05) is 20.8 Å². The van der Waals surface area contributed by atoms with E-state index < -0.39 is 90.8 Å². The average Bonchev–Trinajstić information content (AvgIpc) is 3.58. The Labute approximate surface area is 367 Å². The summed E-state index contributed by atoms with van der Waals surface area (Å²) < 4.78 is 63.7. The zero-order valence-corrected chi connectivity index (χ0v) is 38.2. The molecule has 7 rings (SSSR count). The Morgan fingerprint density at radius 3 is 2.32 bits per heavy atom. The fourth-order valence-corrected chi connectivity index (χ4v) is 10.6. The first kappa shape index (κ1) is 47.6. The molecule has 4 fully saturated rings. The SMILES string of the molecule is CCC(C)[C@H]1O[C@]2(C=C[C@@H]1C)C[C@@H]1C[C@@H](C/C=C(/C)[C@@H](O[C@H]3C[C@H](OC)[C@@H](O[C@H]4C[C@H](OC)[C@@H](O)[C@H](C)O4)[C@H](C)O3)[C@@H](C)/C=C\C=C3CO[C@@H]4[C@H](O)C(C)=C[C@@H](C(=O)O1)[C@]34O)O2. The number of hydrogen-bond acceptors (Lipinski definition) is 14. The maximum Gasteiger partial charge on any atom is 0.316 e. The molecule has 4 saturated heterocycles. The monoisotopic (exact) mass is 872 g/mol. The van der Waals surface area contributed by atoms with Crippen molar-refractivity contribution in [2.45, 2.75) is 191 Å². The molecule has 14 nitrogen and oxygen atoms in total. The minimum atomic E-state index is -1.84. The second kappa shape index (κ2) is 19.7. The standard InChI is InChI=1S/C48H72O14/c1-11-25(2)43-28(5)17-18-47(62-43)23-34-20-33(61-47)16-15-27(4)42(26(3)13-12-14-32-24-55-45-40(49)29(6)19-35(46(51)58-34)48(32,45)52)59-39-22-37(54-10)44(31(8)57-39)60-38-21-36(53-9)41(50)30(7)56-38/h12-15,17-19,25-26,28,30-31,33-45,49-50,52H,11,16,20-24H2,1-10H3/b13-12-,27-15-,32-14?/t25?,26-,28-,30-,31-,33+,34-,35-,36-,37-,38-,39-,40+,41-,42-,43+,44-,45+,47+,48+/m0/s1. The minimum Gasteiger partial charge on any atom is -0.462 e. The van der Waals surface area contributed by atoms with E-state index in [2.05, 4.69) is 39.8 Å². The largest absolute Gasteiger partial charge is 0.462 e. The Kier molecular flexibility index (Phi) is 15.1. The quantitative estimate of drug-likeness (QED) is 0.210. The van der Waals surface area contributed by atoms with Gasteiger partial charge in [-0.05, 0) is 62.8 Å². The molecule has 3 N–H and O–H groups in total. The number of carbonyl (C=O) groups is 1. The van der Waals surface area contributed by atoms with Gasteiger partial charge in [-0.1, -0.05) is 70.6 Å². The molecule has 2 bridgehead atoms. The summed E-state index contributed by atoms with van der Waals surface area (Å²) in [5, 5.41) is 34.2. The Morgan fingerprint density at radius 2 is 1.60 bits per heavy atom. The van der Waals surface area contributed by atoms with E-state index >= 15 is 0 Å². The highest BCUT2D eigenvalue weighted by molar-refractivity contribution is 5.78. The van der Waals surface area contributed by atoms with Crippen LogP contribution in [0.4, 0.5) is 0 Å². The van der Waals surface area contributed by atoms with Crippen molar-refractivity contribution in [2.24, 2.45) is 23.7 Å². The van der Waals surface area contributed by atoms with Crippen LogP contribution in [-0.2, 0) is 52.2 Å². The van der Waals surface area contributed by atoms with Crippen LogP contribution in [0.15, 0.2) is 59.3 Å². The van der Waals surface area contributed by atoms with Crippen molar-refractivity contribution >= 4 is 5.97 Å². The lowest BCUT2D eigenvalue weighted by atomic mass is 9.71. The molecule has 20 atom stereocenters. The van der Waals surface area contributed by atoms with Crippen molar-refractivity contribution in [1.29, 1.82) is 0 Å². The van der Waals surface area contributed by atoms with Gasteiger partial charge in [-0.15, -0.1) is 0 Å². The molecule has 6 aliphatic heterocycles. The normalized spacial score (nSPS) is 48.3. The van der Waals surface area contributed by atoms with Crippen molar-refractivity contribution in [3.8, 4) is 0 Å². The first-order valence-corrected chi connectivity index (χ1v) is 22.9. The fourth-order valence-electron chi connectivity index (χ4n) is 10.6. The Bertz CT molecular complexity index is 1730. The number of fused-ring (bicyclic) bond motifs is 2. The van der Waals surface area contributed by atoms with E-state index in [1.807, 2.05) is 32.1 Å². The fraction of sp³-hybridized carbons (Fsp3) is 0.771. The van der Waals surface area contributed by atoms with Crippen molar-refractivity contribution in [3.05, 3.63) is 59.3 Å². The third-order valence-corrected chi connectivity index (χ3v) is 14.5. The lowest BCUT2D eigenvalue weighted by Crippen LogP contribution is -2.58. The van der Waals surface area contributed by atoms with E-state index in [9.17, 15) is 20.1 Å². The lowest BCUT2D eigenvalue weighted by molar-refractivity contribution is -0.318. The van der Waals surface area contributed by atoms with Gasteiger partial charge in [0.2, 0.25) is 0 Å². The number of hydrogen-bond donors (Lipinski definition) is 3. The number of rotatable bonds is 8. The number of ether oxygens (including phenoxy) is 10. The van der Waals surface area contributed by atoms with Gasteiger partial charge in [-0.3, -0.25) is 4.79 Å². The van der Waals surface area contributed by atoms with E-state index in [1.165, 1.54) is 0 Å². The molecule has 1 aliphatic carbocycles. The van der Waals surface area contributed by atoms with Crippen LogP contribution < -0.4 is 0 Å².